The van der Waals surface area contributed by atoms with Gasteiger partial charge in [-0.25, -0.2) is 23.2 Å². The summed E-state index contributed by atoms with van der Waals surface area (Å²) in [6.07, 6.45) is -0.386. The van der Waals surface area contributed by atoms with E-state index in [9.17, 15) is 18.0 Å². The predicted octanol–water partition coefficient (Wildman–Crippen LogP) is 3.50. The summed E-state index contributed by atoms with van der Waals surface area (Å²) in [5.41, 5.74) is 0.293. The van der Waals surface area contributed by atoms with E-state index in [1.54, 1.807) is 34.6 Å². The summed E-state index contributed by atoms with van der Waals surface area (Å²) in [6, 6.07) is 3.69. The number of esters is 1. The van der Waals surface area contributed by atoms with Crippen LogP contribution in [0, 0.1) is 13.8 Å². The minimum Gasteiger partial charge on any atom is -0.459 e. The predicted molar refractivity (Wildman–Crippen MR) is 128 cm³/mol. The second-order valence-corrected chi connectivity index (χ2v) is 11.0. The molecule has 9 nitrogen and oxygen atoms in total. The van der Waals surface area contributed by atoms with E-state index < -0.39 is 27.9 Å². The standard InChI is InChI=1S/C22H26Cl2N4O5S/c1-12(2)33-22(30)19-14(4)25-15(5)26-20(19)21(29)27-8-9-28(13(3)11-27)34(31,32)18-10-16(23)6-7-17(18)24/h6-7,10,12-13H,8-9,11H2,1-5H3. The second-order valence-electron chi connectivity index (χ2n) is 8.32. The van der Waals surface area contributed by atoms with Gasteiger partial charge in [-0.2, -0.15) is 4.31 Å². The maximum absolute atomic E-state index is 13.4. The van der Waals surface area contributed by atoms with Crippen molar-refractivity contribution in [2.24, 2.45) is 0 Å². The Balaban J connectivity index is 1.88. The first-order valence-corrected chi connectivity index (χ1v) is 12.8. The third-order valence-electron chi connectivity index (χ3n) is 5.28. The lowest BCUT2D eigenvalue weighted by atomic mass is 10.1. The molecule has 34 heavy (non-hydrogen) atoms. The maximum atomic E-state index is 13.4. The van der Waals surface area contributed by atoms with Gasteiger partial charge in [0.15, 0.2) is 0 Å². The number of piperazine rings is 1. The van der Waals surface area contributed by atoms with Gasteiger partial charge in [0, 0.05) is 30.7 Å². The molecule has 184 valence electrons. The molecular weight excluding hydrogens is 503 g/mol. The monoisotopic (exact) mass is 528 g/mol. The van der Waals surface area contributed by atoms with Gasteiger partial charge in [0.05, 0.1) is 16.8 Å². The zero-order valence-corrected chi connectivity index (χ0v) is 21.8. The fourth-order valence-electron chi connectivity index (χ4n) is 3.82. The molecule has 1 fully saturated rings. The molecule has 0 aliphatic carbocycles. The summed E-state index contributed by atoms with van der Waals surface area (Å²) in [5, 5.41) is 0.315. The molecule has 3 rings (SSSR count). The molecule has 1 unspecified atom stereocenters. The quantitative estimate of drug-likeness (QED) is 0.546. The molecule has 1 atom stereocenters. The van der Waals surface area contributed by atoms with Gasteiger partial charge in [0.25, 0.3) is 5.91 Å². The number of aryl methyl sites for hydroxylation is 2. The molecule has 0 saturated carbocycles. The number of hydrogen-bond donors (Lipinski definition) is 0. The van der Waals surface area contributed by atoms with E-state index in [0.717, 1.165) is 0 Å². The Hall–Kier alpha value is -2.27. The molecule has 1 aliphatic rings. The molecule has 1 aromatic carbocycles. The number of benzene rings is 1. The molecule has 1 amide bonds. The zero-order valence-electron chi connectivity index (χ0n) is 19.5. The average molecular weight is 529 g/mol. The van der Waals surface area contributed by atoms with Gasteiger partial charge in [-0.15, -0.1) is 0 Å². The van der Waals surface area contributed by atoms with Crippen molar-refractivity contribution in [1.29, 1.82) is 0 Å². The van der Waals surface area contributed by atoms with Crippen LogP contribution in [0.1, 0.15) is 53.1 Å². The Morgan fingerprint density at radius 3 is 2.44 bits per heavy atom. The minimum absolute atomic E-state index is 0.0118. The molecule has 0 spiro atoms. The number of halogens is 2. The van der Waals surface area contributed by atoms with Gasteiger partial charge < -0.3 is 9.64 Å². The maximum Gasteiger partial charge on any atom is 0.342 e. The number of ether oxygens (including phenoxy) is 1. The Labute approximate surface area is 209 Å². The van der Waals surface area contributed by atoms with Gasteiger partial charge in [0.2, 0.25) is 10.0 Å². The van der Waals surface area contributed by atoms with E-state index in [-0.39, 0.29) is 51.9 Å². The number of sulfonamides is 1. The largest absolute Gasteiger partial charge is 0.459 e. The third kappa shape index (κ3) is 5.35. The Morgan fingerprint density at radius 2 is 1.82 bits per heavy atom. The molecule has 2 heterocycles. The summed E-state index contributed by atoms with van der Waals surface area (Å²) >= 11 is 12.1. The van der Waals surface area contributed by atoms with E-state index >= 15 is 0 Å². The van der Waals surface area contributed by atoms with Gasteiger partial charge in [-0.1, -0.05) is 23.2 Å². The summed E-state index contributed by atoms with van der Waals surface area (Å²) in [7, 11) is -3.95. The van der Waals surface area contributed by atoms with E-state index in [0.29, 0.717) is 11.5 Å². The fraction of sp³-hybridized carbons (Fsp3) is 0.455. The first-order valence-electron chi connectivity index (χ1n) is 10.6. The van der Waals surface area contributed by atoms with E-state index in [4.69, 9.17) is 27.9 Å². The smallest absolute Gasteiger partial charge is 0.342 e. The van der Waals surface area contributed by atoms with Gasteiger partial charge >= 0.3 is 5.97 Å². The van der Waals surface area contributed by atoms with Crippen molar-refractivity contribution < 1.29 is 22.7 Å². The number of carbonyl (C=O) groups excluding carboxylic acids is 2. The van der Waals surface area contributed by atoms with Crippen molar-refractivity contribution in [1.82, 2.24) is 19.2 Å². The number of amides is 1. The van der Waals surface area contributed by atoms with Crippen molar-refractivity contribution >= 4 is 45.1 Å². The topological polar surface area (TPSA) is 110 Å². The van der Waals surface area contributed by atoms with Crippen LogP contribution in [0.2, 0.25) is 10.0 Å². The average Bonchev–Trinajstić information content (AvgIpc) is 2.73. The highest BCUT2D eigenvalue weighted by Crippen LogP contribution is 2.30. The van der Waals surface area contributed by atoms with E-state index in [1.165, 1.54) is 27.4 Å². The molecule has 1 aliphatic heterocycles. The highest BCUT2D eigenvalue weighted by atomic mass is 35.5. The van der Waals surface area contributed by atoms with Crippen LogP contribution in [0.15, 0.2) is 23.1 Å². The summed E-state index contributed by atoms with van der Waals surface area (Å²) < 4.78 is 33.1. The molecule has 1 aromatic heterocycles. The molecule has 0 N–H and O–H groups in total. The number of nitrogens with zero attached hydrogens (tertiary/aromatic N) is 4. The highest BCUT2D eigenvalue weighted by Gasteiger charge is 2.38. The van der Waals surface area contributed by atoms with E-state index in [2.05, 4.69) is 9.97 Å². The second kappa shape index (κ2) is 10.2. The lowest BCUT2D eigenvalue weighted by molar-refractivity contribution is 0.0368. The lowest BCUT2D eigenvalue weighted by Gasteiger charge is -2.39. The Kier molecular flexibility index (Phi) is 7.86. The van der Waals surface area contributed by atoms with Gasteiger partial charge in [-0.05, 0) is 52.8 Å². The van der Waals surface area contributed by atoms with Crippen LogP contribution in [0.5, 0.6) is 0 Å². The van der Waals surface area contributed by atoms with Crippen LogP contribution >= 0.6 is 23.2 Å². The highest BCUT2D eigenvalue weighted by molar-refractivity contribution is 7.89. The number of hydrogen-bond acceptors (Lipinski definition) is 7. The number of aromatic nitrogens is 2. The Morgan fingerprint density at radius 1 is 1.15 bits per heavy atom. The van der Waals surface area contributed by atoms with Gasteiger partial charge in [-0.3, -0.25) is 4.79 Å². The minimum atomic E-state index is -3.95. The van der Waals surface area contributed by atoms with Crippen LogP contribution in [-0.4, -0.2) is 71.2 Å². The first-order chi connectivity index (χ1) is 15.8. The molecule has 2 aromatic rings. The molecule has 0 bridgehead atoms. The third-order valence-corrected chi connectivity index (χ3v) is 8.02. The zero-order chi connectivity index (χ0) is 25.4. The van der Waals surface area contributed by atoms with Crippen LogP contribution < -0.4 is 0 Å². The van der Waals surface area contributed by atoms with Crippen molar-refractivity contribution in [2.75, 3.05) is 19.6 Å². The molecule has 12 heteroatoms. The lowest BCUT2D eigenvalue weighted by Crippen LogP contribution is -2.55. The van der Waals surface area contributed by atoms with Crippen LogP contribution in [0.3, 0.4) is 0 Å². The molecular formula is C22H26Cl2N4O5S. The normalized spacial score (nSPS) is 17.2. The van der Waals surface area contributed by atoms with Crippen LogP contribution in [0.4, 0.5) is 0 Å². The fourth-order valence-corrected chi connectivity index (χ4v) is 6.17. The number of carbonyl (C=O) groups is 2. The molecule has 0 radical (unpaired) electrons. The summed E-state index contributed by atoms with van der Waals surface area (Å²) in [4.78, 5) is 35.9. The number of rotatable bonds is 5. The van der Waals surface area contributed by atoms with Crippen molar-refractivity contribution in [3.05, 3.63) is 51.0 Å². The first kappa shape index (κ1) is 26.3. The van der Waals surface area contributed by atoms with Crippen LogP contribution in [-0.2, 0) is 14.8 Å². The van der Waals surface area contributed by atoms with Crippen molar-refractivity contribution in [3.63, 3.8) is 0 Å². The Bertz CT molecular complexity index is 1240. The van der Waals surface area contributed by atoms with Crippen LogP contribution in [0.25, 0.3) is 0 Å². The van der Waals surface area contributed by atoms with Crippen molar-refractivity contribution in [3.8, 4) is 0 Å². The summed E-state index contributed by atoms with van der Waals surface area (Å²) in [5.74, 6) is -0.832. The van der Waals surface area contributed by atoms with Crippen molar-refractivity contribution in [2.45, 2.75) is 51.7 Å². The van der Waals surface area contributed by atoms with Gasteiger partial charge in [0.1, 0.15) is 22.0 Å². The van der Waals surface area contributed by atoms with E-state index in [1.807, 2.05) is 0 Å². The summed E-state index contributed by atoms with van der Waals surface area (Å²) in [6.45, 7) is 8.58. The molecule has 1 saturated heterocycles. The SMILES string of the molecule is Cc1nc(C)c(C(=O)OC(C)C)c(C(=O)N2CCN(S(=O)(=O)c3cc(Cl)ccc3Cl)C(C)C2)n1.